The van der Waals surface area contributed by atoms with Crippen LogP contribution in [0, 0.1) is 9.81 Å². The van der Waals surface area contributed by atoms with E-state index >= 15 is 0 Å². The van der Waals surface area contributed by atoms with E-state index < -0.39 is 0 Å². The molecule has 0 unspecified atom stereocenters. The maximum Gasteiger partial charge on any atom is 0.156 e. The number of aromatic nitrogens is 2. The number of benzene rings is 2. The Bertz CT molecular complexity index is 1060. The molecule has 6 nitrogen and oxygen atoms in total. The number of hydrogen-bond donors (Lipinski definition) is 0. The van der Waals surface area contributed by atoms with Crippen LogP contribution in [0.1, 0.15) is 0 Å². The summed E-state index contributed by atoms with van der Waals surface area (Å²) in [6, 6.07) is 12.7. The van der Waals surface area contributed by atoms with Gasteiger partial charge in [0.2, 0.25) is 0 Å². The second-order valence-electron chi connectivity index (χ2n) is 4.88. The van der Waals surface area contributed by atoms with E-state index in [-0.39, 0.29) is 11.4 Å². The van der Waals surface area contributed by atoms with Crippen molar-refractivity contribution in [2.24, 2.45) is 10.4 Å². The number of fused-ring (bicyclic) bond motifs is 2. The lowest BCUT2D eigenvalue weighted by atomic mass is 10.1. The fourth-order valence-corrected chi connectivity index (χ4v) is 4.57. The highest BCUT2D eigenvalue weighted by Gasteiger charge is 2.17. The van der Waals surface area contributed by atoms with Crippen LogP contribution < -0.4 is 0 Å². The summed E-state index contributed by atoms with van der Waals surface area (Å²) in [6.45, 7) is 0. The van der Waals surface area contributed by atoms with E-state index in [0.29, 0.717) is 15.8 Å². The van der Waals surface area contributed by atoms with Crippen LogP contribution in [0.2, 0.25) is 0 Å². The highest BCUT2D eigenvalue weighted by Crippen LogP contribution is 2.45. The van der Waals surface area contributed by atoms with Gasteiger partial charge in [-0.25, -0.2) is 4.98 Å². The SMILES string of the molecule is O=Nc1cc(N=O)c2cccnc2c1Sc1nc2ccccc2s1. The third kappa shape index (κ3) is 2.45. The molecule has 0 spiro atoms. The Labute approximate surface area is 143 Å². The number of hydrogen-bond acceptors (Lipinski definition) is 8. The first-order valence-corrected chi connectivity index (χ1v) is 8.55. The molecule has 0 atom stereocenters. The van der Waals surface area contributed by atoms with Crippen molar-refractivity contribution in [1.29, 1.82) is 0 Å². The Balaban J connectivity index is 1.91. The van der Waals surface area contributed by atoms with Crippen molar-refractivity contribution in [2.45, 2.75) is 9.24 Å². The van der Waals surface area contributed by atoms with Crippen LogP contribution in [-0.2, 0) is 0 Å². The topological polar surface area (TPSA) is 84.6 Å². The zero-order valence-electron chi connectivity index (χ0n) is 12.0. The summed E-state index contributed by atoms with van der Waals surface area (Å²) < 4.78 is 1.84. The van der Waals surface area contributed by atoms with Gasteiger partial charge in [-0.05, 0) is 40.7 Å². The Morgan fingerprint density at radius 3 is 2.62 bits per heavy atom. The predicted molar refractivity (Wildman–Crippen MR) is 96.4 cm³/mol. The van der Waals surface area contributed by atoms with E-state index in [1.165, 1.54) is 29.2 Å². The minimum Gasteiger partial charge on any atom is -0.255 e. The first-order valence-electron chi connectivity index (χ1n) is 6.92. The van der Waals surface area contributed by atoms with Crippen LogP contribution in [0.15, 0.2) is 68.3 Å². The number of para-hydroxylation sites is 1. The van der Waals surface area contributed by atoms with Crippen molar-refractivity contribution >= 4 is 55.6 Å². The summed E-state index contributed by atoms with van der Waals surface area (Å²) in [5, 5.41) is 6.61. The van der Waals surface area contributed by atoms with E-state index in [4.69, 9.17) is 0 Å². The van der Waals surface area contributed by atoms with E-state index in [1.807, 2.05) is 24.3 Å². The molecule has 0 saturated heterocycles. The highest BCUT2D eigenvalue weighted by atomic mass is 32.2. The molecule has 4 aromatic rings. The van der Waals surface area contributed by atoms with Crippen molar-refractivity contribution in [1.82, 2.24) is 9.97 Å². The second kappa shape index (κ2) is 6.06. The molecule has 0 aliphatic rings. The number of thiazole rings is 1. The standard InChI is InChI=1S/C16H8N4O2S2/c21-19-11-8-12(20-22)15(14-9(11)4-3-7-17-14)24-16-18-10-5-1-2-6-13(10)23-16/h1-8H. The molecule has 0 aliphatic heterocycles. The van der Waals surface area contributed by atoms with Gasteiger partial charge >= 0.3 is 0 Å². The third-order valence-corrected chi connectivity index (χ3v) is 5.67. The lowest BCUT2D eigenvalue weighted by Gasteiger charge is -2.07. The molecule has 2 aromatic heterocycles. The molecule has 24 heavy (non-hydrogen) atoms. The molecule has 0 radical (unpaired) electrons. The van der Waals surface area contributed by atoms with Gasteiger partial charge in [-0.3, -0.25) is 4.98 Å². The lowest BCUT2D eigenvalue weighted by Crippen LogP contribution is -1.84. The number of nitroso groups, excluding NO2 is 2. The van der Waals surface area contributed by atoms with Crippen LogP contribution in [0.3, 0.4) is 0 Å². The molecule has 0 fully saturated rings. The van der Waals surface area contributed by atoms with Crippen molar-refractivity contribution in [3.63, 3.8) is 0 Å². The van der Waals surface area contributed by atoms with Gasteiger partial charge in [-0.15, -0.1) is 21.2 Å². The molecule has 0 saturated carbocycles. The lowest BCUT2D eigenvalue weighted by molar-refractivity contribution is 1.27. The third-order valence-electron chi connectivity index (χ3n) is 3.47. The van der Waals surface area contributed by atoms with Gasteiger partial charge in [-0.2, -0.15) is 0 Å². The monoisotopic (exact) mass is 352 g/mol. The molecule has 116 valence electrons. The van der Waals surface area contributed by atoms with Gasteiger partial charge in [0.15, 0.2) is 4.34 Å². The van der Waals surface area contributed by atoms with Crippen LogP contribution in [-0.4, -0.2) is 9.97 Å². The normalized spacial score (nSPS) is 11.0. The minimum absolute atomic E-state index is 0.139. The quantitative estimate of drug-likeness (QED) is 0.434. The van der Waals surface area contributed by atoms with E-state index in [2.05, 4.69) is 20.3 Å². The summed E-state index contributed by atoms with van der Waals surface area (Å²) in [5.41, 5.74) is 1.71. The zero-order chi connectivity index (χ0) is 16.5. The van der Waals surface area contributed by atoms with E-state index in [9.17, 15) is 9.81 Å². The Hall–Kier alpha value is -2.71. The molecular weight excluding hydrogens is 344 g/mol. The first kappa shape index (κ1) is 14.9. The smallest absolute Gasteiger partial charge is 0.156 e. The van der Waals surface area contributed by atoms with E-state index in [1.54, 1.807) is 18.3 Å². The summed E-state index contributed by atoms with van der Waals surface area (Å²) >= 11 is 2.85. The molecule has 0 amide bonds. The molecule has 2 heterocycles. The molecule has 0 N–H and O–H groups in total. The highest BCUT2D eigenvalue weighted by molar-refractivity contribution is 8.01. The Morgan fingerprint density at radius 1 is 1.00 bits per heavy atom. The molecule has 8 heteroatoms. The summed E-state index contributed by atoms with van der Waals surface area (Å²) in [5.74, 6) is 0. The van der Waals surface area contributed by atoms with Gasteiger partial charge < -0.3 is 0 Å². The van der Waals surface area contributed by atoms with E-state index in [0.717, 1.165) is 14.6 Å². The molecular formula is C16H8N4O2S2. The Morgan fingerprint density at radius 2 is 1.83 bits per heavy atom. The first-order chi connectivity index (χ1) is 11.8. The average molecular weight is 352 g/mol. The van der Waals surface area contributed by atoms with Gasteiger partial charge in [0.25, 0.3) is 0 Å². The zero-order valence-corrected chi connectivity index (χ0v) is 13.7. The summed E-state index contributed by atoms with van der Waals surface area (Å²) in [6.07, 6.45) is 1.61. The number of pyridine rings is 1. The van der Waals surface area contributed by atoms with Crippen LogP contribution in [0.4, 0.5) is 11.4 Å². The van der Waals surface area contributed by atoms with Gasteiger partial charge in [0.05, 0.1) is 20.6 Å². The van der Waals surface area contributed by atoms with Crippen LogP contribution >= 0.6 is 23.1 Å². The van der Waals surface area contributed by atoms with Gasteiger partial charge in [0, 0.05) is 11.6 Å². The van der Waals surface area contributed by atoms with Gasteiger partial charge in [0.1, 0.15) is 11.4 Å². The average Bonchev–Trinajstić information content (AvgIpc) is 3.04. The van der Waals surface area contributed by atoms with Crippen molar-refractivity contribution in [3.05, 3.63) is 58.5 Å². The van der Waals surface area contributed by atoms with Crippen LogP contribution in [0.5, 0.6) is 0 Å². The largest absolute Gasteiger partial charge is 0.255 e. The molecule has 2 aromatic carbocycles. The molecule has 4 rings (SSSR count). The predicted octanol–water partition coefficient (Wildman–Crippen LogP) is 5.79. The maximum atomic E-state index is 11.2. The number of nitrogens with zero attached hydrogens (tertiary/aromatic N) is 4. The van der Waals surface area contributed by atoms with Crippen molar-refractivity contribution in [3.8, 4) is 0 Å². The molecule has 0 aliphatic carbocycles. The molecule has 0 bridgehead atoms. The summed E-state index contributed by atoms with van der Waals surface area (Å²) in [7, 11) is 0. The van der Waals surface area contributed by atoms with Crippen molar-refractivity contribution < 1.29 is 0 Å². The number of rotatable bonds is 4. The second-order valence-corrected chi connectivity index (χ2v) is 7.16. The minimum atomic E-state index is 0.139. The van der Waals surface area contributed by atoms with Crippen LogP contribution in [0.25, 0.3) is 21.1 Å². The van der Waals surface area contributed by atoms with Crippen molar-refractivity contribution in [2.75, 3.05) is 0 Å². The maximum absolute atomic E-state index is 11.2. The fourth-order valence-electron chi connectivity index (χ4n) is 2.41. The Kier molecular flexibility index (Phi) is 3.75. The fraction of sp³-hybridized carbons (Fsp3) is 0. The van der Waals surface area contributed by atoms with Gasteiger partial charge in [-0.1, -0.05) is 23.9 Å². The summed E-state index contributed by atoms with van der Waals surface area (Å²) in [4.78, 5) is 31.7.